The Morgan fingerprint density at radius 1 is 1.00 bits per heavy atom. The molecule has 3 aromatic carbocycles. The lowest BCUT2D eigenvalue weighted by Gasteiger charge is -2.35. The van der Waals surface area contributed by atoms with Crippen molar-refractivity contribution in [3.8, 4) is 0 Å². The summed E-state index contributed by atoms with van der Waals surface area (Å²) in [6.07, 6.45) is 3.61. The molecule has 5 rings (SSSR count). The van der Waals surface area contributed by atoms with Crippen molar-refractivity contribution < 1.29 is 8.42 Å². The molecule has 0 aliphatic carbocycles. The third-order valence-electron chi connectivity index (χ3n) is 6.36. The monoisotopic (exact) mass is 462 g/mol. The minimum absolute atomic E-state index is 0.347. The first-order chi connectivity index (χ1) is 15.5. The molecule has 4 aromatic rings. The molecule has 0 saturated carbocycles. The minimum atomic E-state index is -3.67. The number of para-hydroxylation sites is 1. The normalized spacial score (nSPS) is 16.9. The molecular formula is C26H26N2O2S2. The predicted molar refractivity (Wildman–Crippen MR) is 132 cm³/mol. The number of nitrogens with one attached hydrogen (secondary N) is 1. The first-order valence-corrected chi connectivity index (χ1v) is 13.5. The highest BCUT2D eigenvalue weighted by Crippen LogP contribution is 2.41. The third kappa shape index (κ3) is 3.56. The summed E-state index contributed by atoms with van der Waals surface area (Å²) in [5.41, 5.74) is 5.35. The lowest BCUT2D eigenvalue weighted by Crippen LogP contribution is -2.40. The van der Waals surface area contributed by atoms with E-state index in [4.69, 9.17) is 0 Å². The van der Waals surface area contributed by atoms with Crippen LogP contribution in [0.15, 0.2) is 82.6 Å². The van der Waals surface area contributed by atoms with Crippen molar-refractivity contribution in [1.29, 1.82) is 0 Å². The number of fused-ring (bicyclic) bond motifs is 3. The maximum absolute atomic E-state index is 13.8. The van der Waals surface area contributed by atoms with Gasteiger partial charge in [0.2, 0.25) is 10.0 Å². The van der Waals surface area contributed by atoms with Gasteiger partial charge < -0.3 is 4.98 Å². The molecule has 1 N–H and O–H groups in total. The van der Waals surface area contributed by atoms with Crippen molar-refractivity contribution in [1.82, 2.24) is 9.29 Å². The summed E-state index contributed by atoms with van der Waals surface area (Å²) < 4.78 is 29.3. The molecule has 0 fully saturated rings. The fraction of sp³-hybridized carbons (Fsp3) is 0.231. The van der Waals surface area contributed by atoms with Gasteiger partial charge in [-0.25, -0.2) is 8.42 Å². The second-order valence-electron chi connectivity index (χ2n) is 8.10. The SMILES string of the molecule is CCc1ccc(S(=O)(=O)N2CCc3c([nH]c4ccccc34)[C@@H]2c2ccc(SC)cc2)cc1. The van der Waals surface area contributed by atoms with Crippen LogP contribution >= 0.6 is 11.8 Å². The molecule has 6 heteroatoms. The van der Waals surface area contributed by atoms with E-state index in [1.807, 2.05) is 30.5 Å². The Kier molecular flexibility index (Phi) is 5.61. The summed E-state index contributed by atoms with van der Waals surface area (Å²) in [4.78, 5) is 5.06. The minimum Gasteiger partial charge on any atom is -0.357 e. The van der Waals surface area contributed by atoms with E-state index in [9.17, 15) is 8.42 Å². The number of sulfonamides is 1. The van der Waals surface area contributed by atoms with Crippen LogP contribution in [0.5, 0.6) is 0 Å². The van der Waals surface area contributed by atoms with Crippen LogP contribution in [0.4, 0.5) is 0 Å². The number of H-pyrrole nitrogens is 1. The molecule has 1 aliphatic rings. The number of nitrogens with zero attached hydrogens (tertiary/aromatic N) is 1. The van der Waals surface area contributed by atoms with E-state index in [2.05, 4.69) is 48.3 Å². The van der Waals surface area contributed by atoms with Gasteiger partial charge in [-0.2, -0.15) is 4.31 Å². The van der Waals surface area contributed by atoms with Crippen molar-refractivity contribution in [2.75, 3.05) is 12.8 Å². The van der Waals surface area contributed by atoms with Gasteiger partial charge in [0.1, 0.15) is 0 Å². The van der Waals surface area contributed by atoms with Crippen LogP contribution in [-0.4, -0.2) is 30.5 Å². The number of aryl methyl sites for hydroxylation is 1. The van der Waals surface area contributed by atoms with Gasteiger partial charge in [-0.3, -0.25) is 0 Å². The standard InChI is InChI=1S/C26H26N2O2S2/c1-3-18-8-14-21(15-9-18)32(29,30)28-17-16-23-22-6-4-5-7-24(22)27-25(23)26(28)19-10-12-20(31-2)13-11-19/h4-15,26-27H,3,16-17H2,1-2H3/t26-/m0/s1. The first-order valence-electron chi connectivity index (χ1n) is 10.9. The Labute approximate surface area is 193 Å². The van der Waals surface area contributed by atoms with Crippen LogP contribution in [0.2, 0.25) is 0 Å². The van der Waals surface area contributed by atoms with Crippen molar-refractivity contribution >= 4 is 32.7 Å². The molecule has 0 spiro atoms. The molecule has 1 atom stereocenters. The van der Waals surface area contributed by atoms with Gasteiger partial charge in [0.25, 0.3) is 0 Å². The smallest absolute Gasteiger partial charge is 0.244 e. The molecule has 32 heavy (non-hydrogen) atoms. The highest BCUT2D eigenvalue weighted by molar-refractivity contribution is 7.98. The van der Waals surface area contributed by atoms with Gasteiger partial charge in [0.05, 0.1) is 10.9 Å². The zero-order valence-electron chi connectivity index (χ0n) is 18.2. The number of benzene rings is 3. The van der Waals surface area contributed by atoms with Crippen LogP contribution < -0.4 is 0 Å². The van der Waals surface area contributed by atoms with Gasteiger partial charge in [-0.1, -0.05) is 49.4 Å². The van der Waals surface area contributed by atoms with Gasteiger partial charge in [-0.05, 0) is 66.1 Å². The van der Waals surface area contributed by atoms with E-state index in [-0.39, 0.29) is 0 Å². The molecule has 0 radical (unpaired) electrons. The summed E-state index contributed by atoms with van der Waals surface area (Å²) >= 11 is 1.68. The summed E-state index contributed by atoms with van der Waals surface area (Å²) in [6, 6.07) is 23.4. The molecule has 1 aliphatic heterocycles. The average Bonchev–Trinajstić information content (AvgIpc) is 3.22. The number of rotatable bonds is 5. The molecule has 2 heterocycles. The Hall–Kier alpha value is -2.54. The van der Waals surface area contributed by atoms with E-state index in [0.717, 1.165) is 33.7 Å². The van der Waals surface area contributed by atoms with E-state index >= 15 is 0 Å². The first kappa shape index (κ1) is 21.3. The fourth-order valence-corrected chi connectivity index (χ4v) is 6.62. The maximum Gasteiger partial charge on any atom is 0.244 e. The Morgan fingerprint density at radius 3 is 2.41 bits per heavy atom. The molecule has 164 valence electrons. The number of thioether (sulfide) groups is 1. The number of hydrogen-bond donors (Lipinski definition) is 1. The molecule has 0 saturated heterocycles. The van der Waals surface area contributed by atoms with Gasteiger partial charge >= 0.3 is 0 Å². The maximum atomic E-state index is 13.8. The van der Waals surface area contributed by atoms with Gasteiger partial charge in [0.15, 0.2) is 0 Å². The van der Waals surface area contributed by atoms with Gasteiger partial charge in [0, 0.05) is 28.0 Å². The summed E-state index contributed by atoms with van der Waals surface area (Å²) in [7, 11) is -3.67. The molecular weight excluding hydrogens is 436 g/mol. The van der Waals surface area contributed by atoms with E-state index in [0.29, 0.717) is 17.9 Å². The molecule has 0 amide bonds. The average molecular weight is 463 g/mol. The number of hydrogen-bond acceptors (Lipinski definition) is 3. The molecule has 0 bridgehead atoms. The second-order valence-corrected chi connectivity index (χ2v) is 10.9. The van der Waals surface area contributed by atoms with Crippen LogP contribution in [0.1, 0.15) is 35.3 Å². The fourth-order valence-electron chi connectivity index (χ4n) is 4.63. The Bertz CT molecular complexity index is 1360. The summed E-state index contributed by atoms with van der Waals surface area (Å²) in [5, 5.41) is 1.18. The van der Waals surface area contributed by atoms with Gasteiger partial charge in [-0.15, -0.1) is 11.8 Å². The number of aromatic nitrogens is 1. The Balaban J connectivity index is 1.67. The van der Waals surface area contributed by atoms with Crippen LogP contribution in [0.25, 0.3) is 10.9 Å². The van der Waals surface area contributed by atoms with E-state index in [1.165, 1.54) is 10.9 Å². The van der Waals surface area contributed by atoms with E-state index in [1.54, 1.807) is 28.2 Å². The quantitative estimate of drug-likeness (QED) is 0.382. The van der Waals surface area contributed by atoms with Crippen LogP contribution in [0.3, 0.4) is 0 Å². The van der Waals surface area contributed by atoms with Crippen molar-refractivity contribution in [3.63, 3.8) is 0 Å². The lowest BCUT2D eigenvalue weighted by molar-refractivity contribution is 0.340. The van der Waals surface area contributed by atoms with Crippen molar-refractivity contribution in [2.24, 2.45) is 0 Å². The summed E-state index contributed by atoms with van der Waals surface area (Å²) in [5.74, 6) is 0. The predicted octanol–water partition coefficient (Wildman–Crippen LogP) is 5.79. The zero-order valence-corrected chi connectivity index (χ0v) is 19.8. The summed E-state index contributed by atoms with van der Waals surface area (Å²) in [6.45, 7) is 2.52. The zero-order chi connectivity index (χ0) is 22.3. The lowest BCUT2D eigenvalue weighted by atomic mass is 9.94. The van der Waals surface area contributed by atoms with Crippen LogP contribution in [0, 0.1) is 0 Å². The molecule has 4 nitrogen and oxygen atoms in total. The second kappa shape index (κ2) is 8.43. The van der Waals surface area contributed by atoms with E-state index < -0.39 is 16.1 Å². The molecule has 1 aromatic heterocycles. The number of aromatic amines is 1. The molecule has 0 unspecified atom stereocenters. The largest absolute Gasteiger partial charge is 0.357 e. The highest BCUT2D eigenvalue weighted by atomic mass is 32.2. The van der Waals surface area contributed by atoms with Crippen molar-refractivity contribution in [2.45, 2.75) is 35.6 Å². The van der Waals surface area contributed by atoms with Crippen LogP contribution in [-0.2, 0) is 22.9 Å². The topological polar surface area (TPSA) is 53.2 Å². The third-order valence-corrected chi connectivity index (χ3v) is 8.98. The van der Waals surface area contributed by atoms with Crippen molar-refractivity contribution in [3.05, 3.63) is 95.2 Å². The highest BCUT2D eigenvalue weighted by Gasteiger charge is 2.39. The Morgan fingerprint density at radius 2 is 1.72 bits per heavy atom.